The normalized spacial score (nSPS) is 26.1. The minimum absolute atomic E-state index is 0.0405. The molecule has 5 rings (SSSR count). The molecular weight excluding hydrogens is 470 g/mol. The Hall–Kier alpha value is -2.82. The van der Waals surface area contributed by atoms with Gasteiger partial charge in [0.25, 0.3) is 11.6 Å². The molecule has 3 aliphatic rings. The molecule has 0 radical (unpaired) electrons. The van der Waals surface area contributed by atoms with Crippen molar-refractivity contribution in [3.8, 4) is 0 Å². The summed E-state index contributed by atoms with van der Waals surface area (Å²) in [6, 6.07) is 14.0. The van der Waals surface area contributed by atoms with Crippen molar-refractivity contribution in [1.29, 1.82) is 0 Å². The summed E-state index contributed by atoms with van der Waals surface area (Å²) in [5.41, 5.74) is -1.11. The maximum Gasteiger partial charge on any atom is 0.269 e. The summed E-state index contributed by atoms with van der Waals surface area (Å²) in [5, 5.41) is 25.4. The van der Waals surface area contributed by atoms with E-state index >= 15 is 0 Å². The van der Waals surface area contributed by atoms with Crippen LogP contribution in [-0.4, -0.2) is 48.3 Å². The number of rotatable bonds is 8. The third-order valence-corrected chi connectivity index (χ3v) is 9.87. The number of non-ortho nitro benzene ring substituents is 1. The highest BCUT2D eigenvalue weighted by Gasteiger charge is 2.58. The molecule has 2 aromatic rings. The molecule has 10 heteroatoms. The molecule has 1 saturated heterocycles. The van der Waals surface area contributed by atoms with E-state index in [1.54, 1.807) is 12.1 Å². The summed E-state index contributed by atoms with van der Waals surface area (Å²) in [6.07, 6.45) is 3.61. The molecule has 2 saturated carbocycles. The molecule has 2 aliphatic carbocycles. The van der Waals surface area contributed by atoms with Crippen molar-refractivity contribution >= 4 is 21.6 Å². The van der Waals surface area contributed by atoms with E-state index in [1.807, 2.05) is 18.2 Å². The Kier molecular flexibility index (Phi) is 6.14. The van der Waals surface area contributed by atoms with Crippen LogP contribution in [0.5, 0.6) is 0 Å². The number of nitrogens with one attached hydrogen (secondary N) is 1. The SMILES string of the molecule is O=C(NC[C@@H]1[C@H]2CN(S(=O)(=O)c3ccc([N+](=O)[O-])cc3)C[C@@H]12)C(O)(c1ccccc1)C1CCCC1. The van der Waals surface area contributed by atoms with E-state index in [0.717, 1.165) is 25.7 Å². The van der Waals surface area contributed by atoms with Crippen LogP contribution in [0.4, 0.5) is 5.69 Å². The zero-order valence-corrected chi connectivity index (χ0v) is 20.1. The second kappa shape index (κ2) is 9.00. The topological polar surface area (TPSA) is 130 Å². The summed E-state index contributed by atoms with van der Waals surface area (Å²) >= 11 is 0. The molecule has 0 aromatic heterocycles. The number of amides is 1. The Balaban J connectivity index is 1.20. The van der Waals surface area contributed by atoms with Crippen LogP contribution in [0.15, 0.2) is 59.5 Å². The second-order valence-electron chi connectivity index (χ2n) is 9.89. The average molecular weight is 500 g/mol. The van der Waals surface area contributed by atoms with E-state index in [-0.39, 0.29) is 40.2 Å². The fourth-order valence-electron chi connectivity index (χ4n) is 5.93. The van der Waals surface area contributed by atoms with Crippen molar-refractivity contribution in [2.75, 3.05) is 19.6 Å². The molecule has 1 aliphatic heterocycles. The van der Waals surface area contributed by atoms with Crippen molar-refractivity contribution in [2.24, 2.45) is 23.7 Å². The first-order valence-corrected chi connectivity index (χ1v) is 13.5. The van der Waals surface area contributed by atoms with E-state index in [9.17, 15) is 28.4 Å². The molecule has 9 nitrogen and oxygen atoms in total. The lowest BCUT2D eigenvalue weighted by Crippen LogP contribution is -2.49. The van der Waals surface area contributed by atoms with Gasteiger partial charge >= 0.3 is 0 Å². The number of hydrogen-bond acceptors (Lipinski definition) is 6. The number of fused-ring (bicyclic) bond motifs is 1. The molecule has 1 heterocycles. The van der Waals surface area contributed by atoms with E-state index in [1.165, 1.54) is 28.6 Å². The molecule has 4 atom stereocenters. The third kappa shape index (κ3) is 4.23. The molecule has 1 unspecified atom stereocenters. The Morgan fingerprint density at radius 3 is 2.23 bits per heavy atom. The van der Waals surface area contributed by atoms with Gasteiger partial charge in [0.2, 0.25) is 10.0 Å². The van der Waals surface area contributed by atoms with Crippen LogP contribution in [0.25, 0.3) is 0 Å². The lowest BCUT2D eigenvalue weighted by molar-refractivity contribution is -0.384. The van der Waals surface area contributed by atoms with E-state index in [4.69, 9.17) is 0 Å². The molecule has 3 fully saturated rings. The van der Waals surface area contributed by atoms with Gasteiger partial charge in [-0.2, -0.15) is 4.31 Å². The third-order valence-electron chi connectivity index (χ3n) is 8.03. The number of nitro groups is 1. The maximum atomic E-state index is 13.3. The van der Waals surface area contributed by atoms with E-state index in [0.29, 0.717) is 25.2 Å². The van der Waals surface area contributed by atoms with Crippen molar-refractivity contribution < 1.29 is 23.2 Å². The molecule has 1 amide bonds. The zero-order valence-electron chi connectivity index (χ0n) is 19.2. The van der Waals surface area contributed by atoms with E-state index in [2.05, 4.69) is 5.32 Å². The molecule has 0 spiro atoms. The zero-order chi connectivity index (χ0) is 24.8. The van der Waals surface area contributed by atoms with Gasteiger partial charge in [0.15, 0.2) is 5.60 Å². The van der Waals surface area contributed by atoms with Crippen molar-refractivity contribution in [1.82, 2.24) is 9.62 Å². The van der Waals surface area contributed by atoms with Gasteiger partial charge in [-0.25, -0.2) is 8.42 Å². The average Bonchev–Trinajstić information content (AvgIpc) is 3.26. The van der Waals surface area contributed by atoms with Crippen LogP contribution in [-0.2, 0) is 20.4 Å². The van der Waals surface area contributed by atoms with Crippen LogP contribution in [0, 0.1) is 33.8 Å². The van der Waals surface area contributed by atoms with E-state index < -0.39 is 20.5 Å². The summed E-state index contributed by atoms with van der Waals surface area (Å²) in [7, 11) is -3.73. The van der Waals surface area contributed by atoms with Gasteiger partial charge in [0.05, 0.1) is 9.82 Å². The quantitative estimate of drug-likeness (QED) is 0.424. The largest absolute Gasteiger partial charge is 0.375 e. The Morgan fingerprint density at radius 1 is 1.06 bits per heavy atom. The van der Waals surface area contributed by atoms with Crippen LogP contribution in [0.2, 0.25) is 0 Å². The van der Waals surface area contributed by atoms with Gasteiger partial charge in [0.1, 0.15) is 0 Å². The fourth-order valence-corrected chi connectivity index (χ4v) is 7.45. The van der Waals surface area contributed by atoms with Crippen molar-refractivity contribution in [3.63, 3.8) is 0 Å². The first-order chi connectivity index (χ1) is 16.7. The molecule has 0 bridgehead atoms. The summed E-state index contributed by atoms with van der Waals surface area (Å²) < 4.78 is 27.3. The number of carbonyl (C=O) groups excluding carboxylic acids is 1. The van der Waals surface area contributed by atoms with Crippen molar-refractivity contribution in [2.45, 2.75) is 36.2 Å². The highest BCUT2D eigenvalue weighted by Crippen LogP contribution is 2.52. The number of piperidine rings is 1. The number of benzene rings is 2. The Bertz CT molecular complexity index is 1200. The lowest BCUT2D eigenvalue weighted by Gasteiger charge is -2.33. The monoisotopic (exact) mass is 499 g/mol. The molecule has 186 valence electrons. The first-order valence-electron chi connectivity index (χ1n) is 12.0. The number of aliphatic hydroxyl groups is 1. The van der Waals surface area contributed by atoms with Gasteiger partial charge < -0.3 is 10.4 Å². The Labute approximate surface area is 204 Å². The molecular formula is C25H29N3O6S. The second-order valence-corrected chi connectivity index (χ2v) is 11.8. The van der Waals surface area contributed by atoms with Crippen LogP contribution in [0.3, 0.4) is 0 Å². The maximum absolute atomic E-state index is 13.3. The summed E-state index contributed by atoms with van der Waals surface area (Å²) in [6.45, 7) is 1.12. The highest BCUT2D eigenvalue weighted by atomic mass is 32.2. The van der Waals surface area contributed by atoms with Crippen LogP contribution in [0.1, 0.15) is 31.2 Å². The summed E-state index contributed by atoms with van der Waals surface area (Å²) in [5.74, 6) is -0.0217. The fraction of sp³-hybridized carbons (Fsp3) is 0.480. The molecule has 2 N–H and O–H groups in total. The van der Waals surface area contributed by atoms with Gasteiger partial charge in [-0.1, -0.05) is 43.2 Å². The minimum Gasteiger partial charge on any atom is -0.375 e. The predicted molar refractivity (Wildman–Crippen MR) is 128 cm³/mol. The minimum atomic E-state index is -3.73. The molecule has 2 aromatic carbocycles. The standard InChI is InChI=1S/C25H29N3O6S/c29-24(25(30,18-8-4-5-9-18)17-6-2-1-3-7-17)26-14-21-22-15-27(16-23(21)22)35(33,34)20-12-10-19(11-13-20)28(31)32/h1-3,6-7,10-13,18,21-23,30H,4-5,8-9,14-16H2,(H,26,29)/t21-,22-,23+,25?. The smallest absolute Gasteiger partial charge is 0.269 e. The van der Waals surface area contributed by atoms with Gasteiger partial charge in [-0.3, -0.25) is 14.9 Å². The number of nitrogens with zero attached hydrogens (tertiary/aromatic N) is 2. The van der Waals surface area contributed by atoms with Gasteiger partial charge in [0, 0.05) is 37.7 Å². The van der Waals surface area contributed by atoms with Crippen molar-refractivity contribution in [3.05, 3.63) is 70.3 Å². The summed E-state index contributed by atoms with van der Waals surface area (Å²) in [4.78, 5) is 23.6. The Morgan fingerprint density at radius 2 is 1.66 bits per heavy atom. The number of sulfonamides is 1. The first kappa shape index (κ1) is 23.9. The van der Waals surface area contributed by atoms with Gasteiger partial charge in [-0.05, 0) is 48.3 Å². The number of hydrogen-bond donors (Lipinski definition) is 2. The lowest BCUT2D eigenvalue weighted by atomic mass is 9.79. The van der Waals surface area contributed by atoms with Crippen LogP contribution >= 0.6 is 0 Å². The highest BCUT2D eigenvalue weighted by molar-refractivity contribution is 7.89. The number of carbonyl (C=O) groups is 1. The number of nitro benzene ring substituents is 1. The predicted octanol–water partition coefficient (Wildman–Crippen LogP) is 2.66. The van der Waals surface area contributed by atoms with Crippen LogP contribution < -0.4 is 5.32 Å². The van der Waals surface area contributed by atoms with Gasteiger partial charge in [-0.15, -0.1) is 0 Å². The molecule has 35 heavy (non-hydrogen) atoms.